The summed E-state index contributed by atoms with van der Waals surface area (Å²) in [4.78, 5) is 26.9. The fraction of sp³-hybridized carbons (Fsp3) is 0.176. The number of aliphatic imine (C=N–C) groups is 1. The van der Waals surface area contributed by atoms with Crippen molar-refractivity contribution in [3.8, 4) is 0 Å². The number of fused-ring (bicyclic) bond motifs is 1. The lowest BCUT2D eigenvalue weighted by atomic mass is 10.0. The van der Waals surface area contributed by atoms with Crippen LogP contribution in [0, 0.1) is 10.1 Å². The summed E-state index contributed by atoms with van der Waals surface area (Å²) in [6.45, 7) is 4.20. The first-order valence-electron chi connectivity index (χ1n) is 7.24. The predicted octanol–water partition coefficient (Wildman–Crippen LogP) is 3.79. The third-order valence-electron chi connectivity index (χ3n) is 3.73. The second kappa shape index (κ2) is 5.64. The molecule has 0 aromatic heterocycles. The number of anilines is 1. The van der Waals surface area contributed by atoms with Crippen LogP contribution in [0.3, 0.4) is 0 Å². The summed E-state index contributed by atoms with van der Waals surface area (Å²) in [6, 6.07) is 11.9. The minimum Gasteiger partial charge on any atom is -0.320 e. The molecule has 0 bridgehead atoms. The molecule has 1 aliphatic rings. The van der Waals surface area contributed by atoms with Crippen LogP contribution in [0.5, 0.6) is 0 Å². The average molecular weight is 309 g/mol. The summed E-state index contributed by atoms with van der Waals surface area (Å²) in [6.07, 6.45) is 0. The van der Waals surface area contributed by atoms with E-state index in [2.05, 4.69) is 24.2 Å². The molecule has 0 unspecified atom stereocenters. The standard InChI is InChI=1S/C17H15N3O3/c1-10(2)11-3-5-12(6-4-11)18-16-14-9-13(20(22)23)7-8-15(14)19-17(16)21/h3-10H,1-2H3,(H,18,19,21). The Bertz CT molecular complexity index is 823. The number of non-ortho nitro benzene ring substituents is 1. The highest BCUT2D eigenvalue weighted by Crippen LogP contribution is 2.29. The molecule has 3 rings (SSSR count). The van der Waals surface area contributed by atoms with E-state index in [1.165, 1.54) is 23.8 Å². The molecule has 0 fully saturated rings. The molecule has 2 aromatic rings. The second-order valence-corrected chi connectivity index (χ2v) is 5.65. The molecule has 0 atom stereocenters. The summed E-state index contributed by atoms with van der Waals surface area (Å²) >= 11 is 0. The number of rotatable bonds is 3. The van der Waals surface area contributed by atoms with Gasteiger partial charge in [0.05, 0.1) is 16.3 Å². The van der Waals surface area contributed by atoms with Crippen LogP contribution in [0.2, 0.25) is 0 Å². The Hall–Kier alpha value is -3.02. The van der Waals surface area contributed by atoms with Gasteiger partial charge in [0.1, 0.15) is 5.71 Å². The van der Waals surface area contributed by atoms with E-state index in [-0.39, 0.29) is 17.3 Å². The Morgan fingerprint density at radius 2 is 1.83 bits per heavy atom. The van der Waals surface area contributed by atoms with Crippen molar-refractivity contribution in [3.05, 3.63) is 63.7 Å². The molecule has 2 aromatic carbocycles. The van der Waals surface area contributed by atoms with Gasteiger partial charge in [-0.1, -0.05) is 26.0 Å². The number of nitrogens with one attached hydrogen (secondary N) is 1. The number of benzene rings is 2. The van der Waals surface area contributed by atoms with Crippen molar-refractivity contribution in [2.75, 3.05) is 5.32 Å². The lowest BCUT2D eigenvalue weighted by Crippen LogP contribution is -2.13. The lowest BCUT2D eigenvalue weighted by molar-refractivity contribution is -0.384. The summed E-state index contributed by atoms with van der Waals surface area (Å²) in [5.41, 5.74) is 2.94. The molecule has 6 nitrogen and oxygen atoms in total. The van der Waals surface area contributed by atoms with Gasteiger partial charge in [-0.15, -0.1) is 0 Å². The fourth-order valence-corrected chi connectivity index (χ4v) is 2.43. The van der Waals surface area contributed by atoms with E-state index < -0.39 is 4.92 Å². The van der Waals surface area contributed by atoms with Gasteiger partial charge in [-0.05, 0) is 29.7 Å². The van der Waals surface area contributed by atoms with Gasteiger partial charge in [0, 0.05) is 17.7 Å². The monoisotopic (exact) mass is 309 g/mol. The maximum absolute atomic E-state index is 12.1. The van der Waals surface area contributed by atoms with Crippen LogP contribution in [0.1, 0.15) is 30.9 Å². The van der Waals surface area contributed by atoms with E-state index in [1.807, 2.05) is 24.3 Å². The van der Waals surface area contributed by atoms with Gasteiger partial charge >= 0.3 is 0 Å². The Balaban J connectivity index is 2.02. The lowest BCUT2D eigenvalue weighted by Gasteiger charge is -2.05. The van der Waals surface area contributed by atoms with Crippen molar-refractivity contribution in [2.45, 2.75) is 19.8 Å². The zero-order chi connectivity index (χ0) is 16.6. The van der Waals surface area contributed by atoms with Crippen LogP contribution >= 0.6 is 0 Å². The van der Waals surface area contributed by atoms with E-state index in [4.69, 9.17) is 0 Å². The van der Waals surface area contributed by atoms with Gasteiger partial charge < -0.3 is 5.32 Å². The third kappa shape index (κ3) is 2.83. The molecule has 0 spiro atoms. The van der Waals surface area contributed by atoms with E-state index in [1.54, 1.807) is 0 Å². The maximum Gasteiger partial charge on any atom is 0.275 e. The molecule has 0 saturated heterocycles. The van der Waals surface area contributed by atoms with Crippen LogP contribution < -0.4 is 5.32 Å². The molecule has 1 heterocycles. The van der Waals surface area contributed by atoms with Gasteiger partial charge in [0.25, 0.3) is 11.6 Å². The molecule has 0 radical (unpaired) electrons. The van der Waals surface area contributed by atoms with E-state index in [9.17, 15) is 14.9 Å². The maximum atomic E-state index is 12.1. The van der Waals surface area contributed by atoms with E-state index in [0.717, 1.165) is 0 Å². The van der Waals surface area contributed by atoms with Crippen molar-refractivity contribution in [3.63, 3.8) is 0 Å². The number of amides is 1. The van der Waals surface area contributed by atoms with Crippen molar-refractivity contribution in [1.29, 1.82) is 0 Å². The van der Waals surface area contributed by atoms with Crippen LogP contribution in [-0.2, 0) is 4.79 Å². The first-order valence-corrected chi connectivity index (χ1v) is 7.24. The summed E-state index contributed by atoms with van der Waals surface area (Å²) in [5, 5.41) is 13.6. The zero-order valence-corrected chi connectivity index (χ0v) is 12.7. The van der Waals surface area contributed by atoms with Gasteiger partial charge in [-0.3, -0.25) is 14.9 Å². The van der Waals surface area contributed by atoms with Gasteiger partial charge in [0.2, 0.25) is 0 Å². The number of hydrogen-bond donors (Lipinski definition) is 1. The Morgan fingerprint density at radius 1 is 1.13 bits per heavy atom. The summed E-state index contributed by atoms with van der Waals surface area (Å²) in [7, 11) is 0. The minimum absolute atomic E-state index is 0.0666. The molecule has 116 valence electrons. The SMILES string of the molecule is CC(C)c1ccc(N=C2C(=O)Nc3ccc([N+](=O)[O-])cc32)cc1. The minimum atomic E-state index is -0.488. The van der Waals surface area contributed by atoms with Crippen molar-refractivity contribution < 1.29 is 9.72 Å². The van der Waals surface area contributed by atoms with Crippen LogP contribution in [0.25, 0.3) is 0 Å². The Kier molecular flexibility index (Phi) is 3.65. The molecule has 0 aliphatic carbocycles. The number of nitrogens with zero attached hydrogens (tertiary/aromatic N) is 2. The molecule has 6 heteroatoms. The molecular weight excluding hydrogens is 294 g/mol. The van der Waals surface area contributed by atoms with Crippen LogP contribution in [0.4, 0.5) is 17.1 Å². The largest absolute Gasteiger partial charge is 0.320 e. The normalized spacial score (nSPS) is 14.9. The Labute approximate surface area is 133 Å². The molecular formula is C17H15N3O3. The second-order valence-electron chi connectivity index (χ2n) is 5.65. The van der Waals surface area contributed by atoms with Crippen LogP contribution in [0.15, 0.2) is 47.5 Å². The smallest absolute Gasteiger partial charge is 0.275 e. The van der Waals surface area contributed by atoms with Crippen molar-refractivity contribution in [2.24, 2.45) is 4.99 Å². The first-order chi connectivity index (χ1) is 11.0. The molecule has 0 saturated carbocycles. The number of nitro groups is 1. The topological polar surface area (TPSA) is 84.6 Å². The highest BCUT2D eigenvalue weighted by molar-refractivity contribution is 6.54. The quantitative estimate of drug-likeness (QED) is 0.691. The highest BCUT2D eigenvalue weighted by Gasteiger charge is 2.28. The average Bonchev–Trinajstić information content (AvgIpc) is 2.83. The molecule has 1 N–H and O–H groups in total. The molecule has 1 aliphatic heterocycles. The molecule has 1 amide bonds. The number of hydrogen-bond acceptors (Lipinski definition) is 4. The number of carbonyl (C=O) groups is 1. The van der Waals surface area contributed by atoms with E-state index in [0.29, 0.717) is 22.9 Å². The van der Waals surface area contributed by atoms with Gasteiger partial charge in [-0.2, -0.15) is 0 Å². The van der Waals surface area contributed by atoms with Crippen molar-refractivity contribution in [1.82, 2.24) is 0 Å². The predicted molar refractivity (Wildman–Crippen MR) is 88.5 cm³/mol. The van der Waals surface area contributed by atoms with Gasteiger partial charge in [-0.25, -0.2) is 4.99 Å². The number of carbonyl (C=O) groups excluding carboxylic acids is 1. The Morgan fingerprint density at radius 3 is 2.43 bits per heavy atom. The zero-order valence-electron chi connectivity index (χ0n) is 12.7. The third-order valence-corrected chi connectivity index (χ3v) is 3.73. The summed E-state index contributed by atoms with van der Waals surface area (Å²) < 4.78 is 0. The first kappa shape index (κ1) is 14.9. The van der Waals surface area contributed by atoms with Crippen LogP contribution in [-0.4, -0.2) is 16.5 Å². The molecule has 23 heavy (non-hydrogen) atoms. The summed E-state index contributed by atoms with van der Waals surface area (Å²) in [5.74, 6) is 0.0586. The number of nitro benzene ring substituents is 1. The van der Waals surface area contributed by atoms with Crippen molar-refractivity contribution >= 4 is 28.7 Å². The van der Waals surface area contributed by atoms with E-state index >= 15 is 0 Å². The fourth-order valence-electron chi connectivity index (χ4n) is 2.43. The highest BCUT2D eigenvalue weighted by atomic mass is 16.6. The van der Waals surface area contributed by atoms with Gasteiger partial charge in [0.15, 0.2) is 0 Å².